The molecular weight excluding hydrogens is 246 g/mol. The van der Waals surface area contributed by atoms with Gasteiger partial charge in [0.05, 0.1) is 16.1 Å². The van der Waals surface area contributed by atoms with Gasteiger partial charge in [0.15, 0.2) is 0 Å². The highest BCUT2D eigenvalue weighted by Crippen LogP contribution is 2.27. The summed E-state index contributed by atoms with van der Waals surface area (Å²) in [5.41, 5.74) is 1.06. The fourth-order valence-electron chi connectivity index (χ4n) is 1.26. The zero-order valence-corrected chi connectivity index (χ0v) is 11.9. The third kappa shape index (κ3) is 3.65. The molecule has 0 aliphatic carbocycles. The lowest BCUT2D eigenvalue weighted by molar-refractivity contribution is 0.474. The van der Waals surface area contributed by atoms with Crippen LogP contribution in [0.15, 0.2) is 24.4 Å². The summed E-state index contributed by atoms with van der Waals surface area (Å²) >= 11 is 5.95. The van der Waals surface area contributed by atoms with Crippen LogP contribution >= 0.6 is 11.6 Å². The van der Waals surface area contributed by atoms with Crippen molar-refractivity contribution in [1.29, 1.82) is 0 Å². The molecule has 0 spiro atoms. The Hall–Kier alpha value is -1.72. The smallest absolute Gasteiger partial charge is 0.133 e. The normalized spacial score (nSPS) is 8.44. The molecule has 0 radical (unpaired) electrons. The van der Waals surface area contributed by atoms with Gasteiger partial charge < -0.3 is 5.11 Å². The molecular formula is C15H18ClNO. The first-order chi connectivity index (χ1) is 8.72. The first-order valence-corrected chi connectivity index (χ1v) is 6.34. The Balaban J connectivity index is 0.000000659. The number of nitrogens with zero attached hydrogens (tertiary/aromatic N) is 1. The number of rotatable bonds is 0. The van der Waals surface area contributed by atoms with E-state index in [1.54, 1.807) is 18.3 Å². The highest BCUT2D eigenvalue weighted by molar-refractivity contribution is 6.35. The van der Waals surface area contributed by atoms with Crippen molar-refractivity contribution in [3.63, 3.8) is 0 Å². The van der Waals surface area contributed by atoms with Crippen LogP contribution in [0.5, 0.6) is 5.75 Å². The van der Waals surface area contributed by atoms with Gasteiger partial charge in [-0.3, -0.25) is 4.98 Å². The van der Waals surface area contributed by atoms with Crippen LogP contribution < -0.4 is 0 Å². The Morgan fingerprint density at radius 2 is 1.83 bits per heavy atom. The third-order valence-electron chi connectivity index (χ3n) is 1.96. The van der Waals surface area contributed by atoms with Crippen LogP contribution in [0.4, 0.5) is 0 Å². The number of aromatic nitrogens is 1. The van der Waals surface area contributed by atoms with E-state index >= 15 is 0 Å². The van der Waals surface area contributed by atoms with Crippen LogP contribution in [-0.2, 0) is 0 Å². The molecule has 2 aromatic rings. The molecule has 0 saturated carbocycles. The number of hydrogen-bond acceptors (Lipinski definition) is 2. The average Bonchev–Trinajstić information content (AvgIpc) is 2.43. The Morgan fingerprint density at radius 1 is 1.22 bits per heavy atom. The van der Waals surface area contributed by atoms with E-state index in [9.17, 15) is 5.11 Å². The van der Waals surface area contributed by atoms with Crippen LogP contribution in [0, 0.1) is 12.3 Å². The number of halogens is 1. The molecule has 0 fully saturated rings. The summed E-state index contributed by atoms with van der Waals surface area (Å²) in [6.07, 6.45) is 6.80. The van der Waals surface area contributed by atoms with Crippen LogP contribution in [0.25, 0.3) is 10.9 Å². The number of phenols is 1. The van der Waals surface area contributed by atoms with Gasteiger partial charge in [0.1, 0.15) is 5.75 Å². The summed E-state index contributed by atoms with van der Waals surface area (Å²) in [5, 5.41) is 10.8. The standard InChI is InChI=1S/C11H6ClNO.2C2H6/c1-2-7-5-8-9(12)3-4-13-10(8)6-11(7)14;2*1-2/h1,3-6,14H;2*1-2H3. The third-order valence-corrected chi connectivity index (χ3v) is 2.29. The fourth-order valence-corrected chi connectivity index (χ4v) is 1.47. The second-order valence-corrected chi connectivity index (χ2v) is 3.23. The fraction of sp³-hybridized carbons (Fsp3) is 0.267. The quantitative estimate of drug-likeness (QED) is 0.703. The molecule has 3 heteroatoms. The predicted molar refractivity (Wildman–Crippen MR) is 79.0 cm³/mol. The van der Waals surface area contributed by atoms with Crippen molar-refractivity contribution in [3.05, 3.63) is 35.0 Å². The molecule has 1 heterocycles. The maximum Gasteiger partial charge on any atom is 0.133 e. The van der Waals surface area contributed by atoms with Crippen molar-refractivity contribution in [2.75, 3.05) is 0 Å². The number of hydrogen-bond donors (Lipinski definition) is 1. The molecule has 0 atom stereocenters. The maximum absolute atomic E-state index is 9.47. The van der Waals surface area contributed by atoms with Crippen LogP contribution in [0.3, 0.4) is 0 Å². The first kappa shape index (κ1) is 16.3. The van der Waals surface area contributed by atoms with Gasteiger partial charge in [0, 0.05) is 17.6 Å². The largest absolute Gasteiger partial charge is 0.507 e. The average molecular weight is 264 g/mol. The predicted octanol–water partition coefficient (Wildman–Crippen LogP) is 4.63. The topological polar surface area (TPSA) is 33.1 Å². The molecule has 96 valence electrons. The van der Waals surface area contributed by atoms with E-state index in [2.05, 4.69) is 10.9 Å². The summed E-state index contributed by atoms with van der Waals surface area (Å²) in [4.78, 5) is 4.07. The van der Waals surface area contributed by atoms with Crippen LogP contribution in [0.1, 0.15) is 33.3 Å². The SMILES string of the molecule is C#Cc1cc2c(Cl)ccnc2cc1O.CC.CC. The van der Waals surface area contributed by atoms with Gasteiger partial charge in [-0.15, -0.1) is 6.42 Å². The summed E-state index contributed by atoms with van der Waals surface area (Å²) in [7, 11) is 0. The Morgan fingerprint density at radius 3 is 2.39 bits per heavy atom. The van der Waals surface area contributed by atoms with Gasteiger partial charge in [0.25, 0.3) is 0 Å². The summed E-state index contributed by atoms with van der Waals surface area (Å²) in [6.45, 7) is 8.00. The minimum Gasteiger partial charge on any atom is -0.507 e. The van der Waals surface area contributed by atoms with Gasteiger partial charge in [0.2, 0.25) is 0 Å². The molecule has 0 bridgehead atoms. The lowest BCUT2D eigenvalue weighted by Crippen LogP contribution is -1.82. The molecule has 1 N–H and O–H groups in total. The number of phenolic OH excluding ortho intramolecular Hbond substituents is 1. The number of fused-ring (bicyclic) bond motifs is 1. The minimum absolute atomic E-state index is 0.0507. The summed E-state index contributed by atoms with van der Waals surface area (Å²) in [5.74, 6) is 2.43. The minimum atomic E-state index is 0.0507. The summed E-state index contributed by atoms with van der Waals surface area (Å²) in [6, 6.07) is 4.84. The molecule has 0 amide bonds. The lowest BCUT2D eigenvalue weighted by atomic mass is 10.1. The van der Waals surface area contributed by atoms with Crippen molar-refractivity contribution < 1.29 is 5.11 Å². The van der Waals surface area contributed by atoms with E-state index < -0.39 is 0 Å². The van der Waals surface area contributed by atoms with E-state index in [0.29, 0.717) is 16.1 Å². The molecule has 2 rings (SSSR count). The van der Waals surface area contributed by atoms with Crippen molar-refractivity contribution >= 4 is 22.5 Å². The number of benzene rings is 1. The van der Waals surface area contributed by atoms with Crippen LogP contribution in [-0.4, -0.2) is 10.1 Å². The van der Waals surface area contributed by atoms with Crippen molar-refractivity contribution in [1.82, 2.24) is 4.98 Å². The van der Waals surface area contributed by atoms with E-state index in [1.807, 2.05) is 27.7 Å². The zero-order valence-electron chi connectivity index (χ0n) is 11.2. The first-order valence-electron chi connectivity index (χ1n) is 5.96. The second kappa shape index (κ2) is 8.38. The van der Waals surface area contributed by atoms with E-state index in [0.717, 1.165) is 5.39 Å². The highest BCUT2D eigenvalue weighted by atomic mass is 35.5. The van der Waals surface area contributed by atoms with Crippen molar-refractivity contribution in [2.45, 2.75) is 27.7 Å². The molecule has 1 aromatic heterocycles. The maximum atomic E-state index is 9.47. The molecule has 18 heavy (non-hydrogen) atoms. The Bertz CT molecular complexity index is 544. The highest BCUT2D eigenvalue weighted by Gasteiger charge is 2.04. The van der Waals surface area contributed by atoms with E-state index in [-0.39, 0.29) is 5.75 Å². The van der Waals surface area contributed by atoms with Gasteiger partial charge in [-0.05, 0) is 12.1 Å². The molecule has 0 saturated heterocycles. The van der Waals surface area contributed by atoms with Crippen LogP contribution in [0.2, 0.25) is 5.02 Å². The number of pyridine rings is 1. The van der Waals surface area contributed by atoms with Gasteiger partial charge >= 0.3 is 0 Å². The monoisotopic (exact) mass is 263 g/mol. The molecule has 0 aliphatic heterocycles. The molecule has 0 aliphatic rings. The number of terminal acetylenes is 1. The zero-order chi connectivity index (χ0) is 14.1. The van der Waals surface area contributed by atoms with Crippen molar-refractivity contribution in [3.8, 4) is 18.1 Å². The molecule has 1 aromatic carbocycles. The van der Waals surface area contributed by atoms with E-state index in [4.69, 9.17) is 18.0 Å². The van der Waals surface area contributed by atoms with E-state index in [1.165, 1.54) is 6.07 Å². The Kier molecular flexibility index (Phi) is 7.58. The number of aromatic hydroxyl groups is 1. The molecule has 2 nitrogen and oxygen atoms in total. The lowest BCUT2D eigenvalue weighted by Gasteiger charge is -2.02. The summed E-state index contributed by atoms with van der Waals surface area (Å²) < 4.78 is 0. The van der Waals surface area contributed by atoms with Gasteiger partial charge in [-0.1, -0.05) is 45.2 Å². The second-order valence-electron chi connectivity index (χ2n) is 2.82. The Labute approximate surface area is 114 Å². The van der Waals surface area contributed by atoms with Gasteiger partial charge in [-0.2, -0.15) is 0 Å². The van der Waals surface area contributed by atoms with Gasteiger partial charge in [-0.25, -0.2) is 0 Å². The van der Waals surface area contributed by atoms with Crippen molar-refractivity contribution in [2.24, 2.45) is 0 Å². The molecule has 0 unspecified atom stereocenters.